The molecule has 2 aliphatic heterocycles. The molecule has 7 aromatic rings. The fraction of sp³-hybridized carbons (Fsp3) is 0.0400. The Morgan fingerprint density at radius 3 is 1.81 bits per heavy atom. The molecule has 0 spiro atoms. The zero-order valence-electron chi connectivity index (χ0n) is 31.6. The zero-order chi connectivity index (χ0) is 39.8. The van der Waals surface area contributed by atoms with Crippen LogP contribution in [0.3, 0.4) is 0 Å². The van der Waals surface area contributed by atoms with Crippen molar-refractivity contribution in [2.24, 2.45) is 0 Å². The molecular formula is C50H34N6O2. The van der Waals surface area contributed by atoms with Gasteiger partial charge in [-0.05, 0) is 83.5 Å². The number of H-pyrrole nitrogens is 2. The summed E-state index contributed by atoms with van der Waals surface area (Å²) in [5.41, 5.74) is 14.7. The third-order valence-corrected chi connectivity index (χ3v) is 10.2. The summed E-state index contributed by atoms with van der Waals surface area (Å²) in [7, 11) is 4.05. The maximum Gasteiger partial charge on any atom is 0.269 e. The second-order valence-corrected chi connectivity index (χ2v) is 14.1. The summed E-state index contributed by atoms with van der Waals surface area (Å²) in [6.45, 7) is 0. The van der Waals surface area contributed by atoms with Gasteiger partial charge in [-0.2, -0.15) is 0 Å². The lowest BCUT2D eigenvalue weighted by Gasteiger charge is -2.13. The fourth-order valence-corrected chi connectivity index (χ4v) is 7.35. The second kappa shape index (κ2) is 14.8. The van der Waals surface area contributed by atoms with Gasteiger partial charge in [-0.3, -0.25) is 10.1 Å². The quantitative estimate of drug-likeness (QED) is 0.104. The van der Waals surface area contributed by atoms with E-state index >= 15 is 0 Å². The Hall–Kier alpha value is -8.20. The van der Waals surface area contributed by atoms with Crippen molar-refractivity contribution in [2.45, 2.75) is 0 Å². The minimum Gasteiger partial charge on any atom is -0.378 e. The van der Waals surface area contributed by atoms with E-state index in [1.165, 1.54) is 12.1 Å². The predicted octanol–water partition coefficient (Wildman–Crippen LogP) is 11.0. The summed E-state index contributed by atoms with van der Waals surface area (Å²) in [4.78, 5) is 30.9. The molecule has 276 valence electrons. The highest BCUT2D eigenvalue weighted by molar-refractivity contribution is 6.01. The number of terminal acetylenes is 1. The van der Waals surface area contributed by atoms with Crippen LogP contribution in [0.2, 0.25) is 0 Å². The molecule has 9 rings (SSSR count). The molecule has 4 aromatic carbocycles. The molecule has 2 aliphatic rings. The lowest BCUT2D eigenvalue weighted by molar-refractivity contribution is -0.384. The molecule has 2 N–H and O–H groups in total. The smallest absolute Gasteiger partial charge is 0.269 e. The van der Waals surface area contributed by atoms with E-state index in [4.69, 9.17) is 16.4 Å². The van der Waals surface area contributed by atoms with Crippen LogP contribution < -0.4 is 4.90 Å². The first-order valence-electron chi connectivity index (χ1n) is 18.7. The van der Waals surface area contributed by atoms with Crippen molar-refractivity contribution >= 4 is 57.7 Å². The van der Waals surface area contributed by atoms with Gasteiger partial charge < -0.3 is 14.9 Å². The summed E-state index contributed by atoms with van der Waals surface area (Å²) in [5, 5.41) is 11.4. The van der Waals surface area contributed by atoms with Gasteiger partial charge >= 0.3 is 0 Å². The molecule has 0 fully saturated rings. The molecule has 0 saturated carbocycles. The van der Waals surface area contributed by atoms with E-state index in [2.05, 4.69) is 87.2 Å². The number of hydrogen-bond donors (Lipinski definition) is 2. The molecule has 8 bridgehead atoms. The van der Waals surface area contributed by atoms with Gasteiger partial charge in [0, 0.05) is 59.7 Å². The van der Waals surface area contributed by atoms with Gasteiger partial charge in [0.05, 0.1) is 55.4 Å². The first-order chi connectivity index (χ1) is 28.3. The summed E-state index contributed by atoms with van der Waals surface area (Å²) in [6.07, 6.45) is 14.3. The third-order valence-electron chi connectivity index (χ3n) is 10.2. The monoisotopic (exact) mass is 750 g/mol. The number of rotatable bonds is 5. The fourth-order valence-electron chi connectivity index (χ4n) is 7.35. The van der Waals surface area contributed by atoms with E-state index in [-0.39, 0.29) is 5.69 Å². The van der Waals surface area contributed by atoms with Gasteiger partial charge in [-0.15, -0.1) is 6.42 Å². The number of nitro groups is 1. The Kier molecular flexibility index (Phi) is 9.06. The van der Waals surface area contributed by atoms with Crippen LogP contribution in [-0.4, -0.2) is 39.0 Å². The summed E-state index contributed by atoms with van der Waals surface area (Å²) < 4.78 is 0. The Labute approximate surface area is 335 Å². The van der Waals surface area contributed by atoms with Crippen LogP contribution in [0, 0.1) is 34.3 Å². The van der Waals surface area contributed by atoms with Crippen molar-refractivity contribution in [3.05, 3.63) is 177 Å². The Morgan fingerprint density at radius 1 is 0.603 bits per heavy atom. The molecule has 0 unspecified atom stereocenters. The van der Waals surface area contributed by atoms with Crippen LogP contribution in [-0.2, 0) is 0 Å². The molecule has 8 nitrogen and oxygen atoms in total. The minimum atomic E-state index is -0.418. The normalized spacial score (nSPS) is 11.5. The number of nitrogens with zero attached hydrogens (tertiary/aromatic N) is 4. The van der Waals surface area contributed by atoms with Gasteiger partial charge in [0.25, 0.3) is 5.69 Å². The number of aromatic nitrogens is 4. The Bertz CT molecular complexity index is 3100. The van der Waals surface area contributed by atoms with Gasteiger partial charge in [0.15, 0.2) is 0 Å². The van der Waals surface area contributed by atoms with Crippen molar-refractivity contribution in [1.82, 2.24) is 19.9 Å². The van der Waals surface area contributed by atoms with Gasteiger partial charge in [0.1, 0.15) is 0 Å². The summed E-state index contributed by atoms with van der Waals surface area (Å²) in [5.74, 6) is 9.61. The first kappa shape index (κ1) is 35.5. The largest absolute Gasteiger partial charge is 0.378 e. The summed E-state index contributed by atoms with van der Waals surface area (Å²) in [6, 6.07) is 41.1. The number of non-ortho nitro benzene ring substituents is 1. The topological polar surface area (TPSA) is 104 Å². The molecule has 0 saturated heterocycles. The average molecular weight is 751 g/mol. The minimum absolute atomic E-state index is 0.00366. The van der Waals surface area contributed by atoms with Crippen LogP contribution in [0.25, 0.3) is 79.8 Å². The second-order valence-electron chi connectivity index (χ2n) is 14.1. The molecule has 3 aromatic heterocycles. The number of hydrogen-bond acceptors (Lipinski definition) is 5. The molecule has 5 heterocycles. The van der Waals surface area contributed by atoms with Gasteiger partial charge in [-0.25, -0.2) is 9.97 Å². The first-order valence-corrected chi connectivity index (χ1v) is 18.7. The molecule has 0 aliphatic carbocycles. The Morgan fingerprint density at radius 2 is 1.19 bits per heavy atom. The van der Waals surface area contributed by atoms with Crippen molar-refractivity contribution < 1.29 is 4.92 Å². The van der Waals surface area contributed by atoms with Gasteiger partial charge in [-0.1, -0.05) is 90.6 Å². The van der Waals surface area contributed by atoms with E-state index in [1.807, 2.05) is 86.9 Å². The number of nitro benzene ring substituents is 1. The zero-order valence-corrected chi connectivity index (χ0v) is 31.6. The number of benzene rings is 4. The standard InChI is InChI=1S/C50H34N6O2/c1-4-38-41-25-28-44(51-41)48(34-11-7-5-8-12-34)45-29-26-42(52-45)39(24-17-32-15-20-37(21-16-32)56(57)58)43-27-30-46(53-43)49(35-13-9-6-10-14-35)50-40(31-47(38)54-50)33-18-22-36(23-19-33)55(2)3/h1,5-16,18-23,25-31,52,54H,2-3H3. The van der Waals surface area contributed by atoms with Crippen LogP contribution in [0.4, 0.5) is 11.4 Å². The number of aromatic amines is 2. The number of fused-ring (bicyclic) bond motifs is 8. The lowest BCUT2D eigenvalue weighted by Crippen LogP contribution is -2.07. The maximum atomic E-state index is 11.4. The average Bonchev–Trinajstić information content (AvgIpc) is 4.09. The predicted molar refractivity (Wildman–Crippen MR) is 237 cm³/mol. The number of anilines is 1. The SMILES string of the molecule is C#Cc1c2nc(c(-c3ccccc3)c3ccc([nH]3)c(C#Cc3ccc([N+](=O)[O-])cc3)c3nc(c(-c4ccccc4)c4[nH]c1cc4-c1ccc(N(C)C)cc1)C=C3)C=C2. The van der Waals surface area contributed by atoms with Crippen LogP contribution in [0.5, 0.6) is 0 Å². The maximum absolute atomic E-state index is 11.4. The molecule has 0 radical (unpaired) electrons. The van der Waals surface area contributed by atoms with Crippen molar-refractivity contribution in [1.29, 1.82) is 0 Å². The van der Waals surface area contributed by atoms with E-state index < -0.39 is 4.92 Å². The highest BCUT2D eigenvalue weighted by Crippen LogP contribution is 2.39. The van der Waals surface area contributed by atoms with Gasteiger partial charge in [0.2, 0.25) is 0 Å². The van der Waals surface area contributed by atoms with Crippen molar-refractivity contribution in [2.75, 3.05) is 19.0 Å². The van der Waals surface area contributed by atoms with E-state index in [1.54, 1.807) is 12.1 Å². The molecule has 58 heavy (non-hydrogen) atoms. The van der Waals surface area contributed by atoms with Crippen LogP contribution in [0.15, 0.2) is 127 Å². The molecule has 0 amide bonds. The Balaban J connectivity index is 1.44. The third kappa shape index (κ3) is 6.62. The molecule has 8 heteroatoms. The van der Waals surface area contributed by atoms with E-state index in [0.717, 1.165) is 72.5 Å². The van der Waals surface area contributed by atoms with Crippen molar-refractivity contribution in [3.63, 3.8) is 0 Å². The molecule has 0 atom stereocenters. The highest BCUT2D eigenvalue weighted by Gasteiger charge is 2.19. The van der Waals surface area contributed by atoms with Crippen LogP contribution >= 0.6 is 0 Å². The lowest BCUT2D eigenvalue weighted by atomic mass is 9.98. The van der Waals surface area contributed by atoms with E-state index in [9.17, 15) is 10.1 Å². The van der Waals surface area contributed by atoms with Crippen LogP contribution in [0.1, 0.15) is 39.5 Å². The van der Waals surface area contributed by atoms with Crippen molar-refractivity contribution in [3.8, 4) is 57.6 Å². The number of nitrogens with one attached hydrogen (secondary N) is 2. The summed E-state index contributed by atoms with van der Waals surface area (Å²) >= 11 is 0. The van der Waals surface area contributed by atoms with E-state index in [0.29, 0.717) is 28.1 Å². The molecular weight excluding hydrogens is 717 g/mol. The highest BCUT2D eigenvalue weighted by atomic mass is 16.6.